The van der Waals surface area contributed by atoms with Crippen molar-refractivity contribution in [3.63, 3.8) is 0 Å². The molecule has 7 nitrogen and oxygen atoms in total. The Morgan fingerprint density at radius 2 is 2.13 bits per heavy atom. The minimum atomic E-state index is -4.30. The standard InChI is InChI=1S/C13H13F3N6O/c1-7-8(10-19-21-22-20-10)2-3-9(18-7)11(23)17-6-12(4-5-12)13(14,15)16/h2-3H,4-6H2,1H3,(H,17,23)(H,19,20,21,22). The normalized spacial score (nSPS) is 16.2. The summed E-state index contributed by atoms with van der Waals surface area (Å²) in [5, 5.41) is 15.7. The van der Waals surface area contributed by atoms with Crippen LogP contribution in [0, 0.1) is 12.3 Å². The van der Waals surface area contributed by atoms with E-state index >= 15 is 0 Å². The molecule has 10 heteroatoms. The molecule has 2 heterocycles. The third kappa shape index (κ3) is 2.88. The maximum absolute atomic E-state index is 12.8. The predicted octanol–water partition coefficient (Wildman–Crippen LogP) is 1.64. The number of pyridine rings is 1. The molecule has 1 amide bonds. The number of aromatic amines is 1. The molecule has 23 heavy (non-hydrogen) atoms. The van der Waals surface area contributed by atoms with Crippen molar-refractivity contribution in [3.8, 4) is 11.4 Å². The van der Waals surface area contributed by atoms with Crippen LogP contribution in [-0.2, 0) is 0 Å². The topological polar surface area (TPSA) is 96.5 Å². The summed E-state index contributed by atoms with van der Waals surface area (Å²) in [5.41, 5.74) is -0.657. The van der Waals surface area contributed by atoms with Crippen LogP contribution in [0.4, 0.5) is 13.2 Å². The third-order valence-electron chi connectivity index (χ3n) is 3.95. The van der Waals surface area contributed by atoms with Crippen molar-refractivity contribution < 1.29 is 18.0 Å². The van der Waals surface area contributed by atoms with Gasteiger partial charge in [0.2, 0.25) is 5.82 Å². The predicted molar refractivity (Wildman–Crippen MR) is 72.2 cm³/mol. The molecule has 1 aliphatic rings. The Bertz CT molecular complexity index is 724. The number of aryl methyl sites for hydroxylation is 1. The third-order valence-corrected chi connectivity index (χ3v) is 3.95. The number of amides is 1. The molecule has 2 aromatic heterocycles. The second-order valence-corrected chi connectivity index (χ2v) is 5.53. The molecule has 0 saturated heterocycles. The Kier molecular flexibility index (Phi) is 3.53. The first kappa shape index (κ1) is 15.4. The van der Waals surface area contributed by atoms with E-state index in [1.165, 1.54) is 6.07 Å². The summed E-state index contributed by atoms with van der Waals surface area (Å²) >= 11 is 0. The first-order valence-corrected chi connectivity index (χ1v) is 6.89. The summed E-state index contributed by atoms with van der Waals surface area (Å²) in [6.45, 7) is 1.23. The quantitative estimate of drug-likeness (QED) is 0.890. The molecular weight excluding hydrogens is 313 g/mol. The largest absolute Gasteiger partial charge is 0.396 e. The van der Waals surface area contributed by atoms with Crippen LogP contribution >= 0.6 is 0 Å². The molecule has 0 aromatic carbocycles. The van der Waals surface area contributed by atoms with Gasteiger partial charge in [-0.15, -0.1) is 10.2 Å². The van der Waals surface area contributed by atoms with Gasteiger partial charge in [0, 0.05) is 17.8 Å². The van der Waals surface area contributed by atoms with Crippen LogP contribution in [0.5, 0.6) is 0 Å². The van der Waals surface area contributed by atoms with Gasteiger partial charge < -0.3 is 5.32 Å². The average Bonchev–Trinajstić information content (AvgIpc) is 3.11. The molecule has 1 fully saturated rings. The number of hydrogen-bond donors (Lipinski definition) is 2. The molecule has 2 aromatic rings. The number of H-pyrrole nitrogens is 1. The van der Waals surface area contributed by atoms with E-state index in [4.69, 9.17) is 0 Å². The lowest BCUT2D eigenvalue weighted by Gasteiger charge is -2.19. The fourth-order valence-corrected chi connectivity index (χ4v) is 2.25. The van der Waals surface area contributed by atoms with E-state index in [2.05, 4.69) is 30.9 Å². The lowest BCUT2D eigenvalue weighted by atomic mass is 10.1. The molecule has 2 N–H and O–H groups in total. The molecule has 0 atom stereocenters. The summed E-state index contributed by atoms with van der Waals surface area (Å²) in [6.07, 6.45) is -4.22. The maximum atomic E-state index is 12.8. The zero-order chi connectivity index (χ0) is 16.7. The van der Waals surface area contributed by atoms with Crippen LogP contribution in [0.25, 0.3) is 11.4 Å². The van der Waals surface area contributed by atoms with Gasteiger partial charge in [-0.2, -0.15) is 18.4 Å². The molecule has 1 saturated carbocycles. The molecule has 0 unspecified atom stereocenters. The second kappa shape index (κ2) is 5.28. The fourth-order valence-electron chi connectivity index (χ4n) is 2.25. The van der Waals surface area contributed by atoms with Gasteiger partial charge in [-0.3, -0.25) is 4.79 Å². The number of tetrazole rings is 1. The Morgan fingerprint density at radius 1 is 1.39 bits per heavy atom. The highest BCUT2D eigenvalue weighted by Crippen LogP contribution is 2.57. The minimum Gasteiger partial charge on any atom is -0.350 e. The van der Waals surface area contributed by atoms with E-state index < -0.39 is 24.0 Å². The van der Waals surface area contributed by atoms with E-state index in [0.29, 0.717) is 17.1 Å². The molecule has 0 spiro atoms. The van der Waals surface area contributed by atoms with Crippen molar-refractivity contribution in [1.29, 1.82) is 0 Å². The summed E-state index contributed by atoms with van der Waals surface area (Å²) in [6, 6.07) is 3.00. The zero-order valence-corrected chi connectivity index (χ0v) is 12.1. The number of rotatable bonds is 4. The smallest absolute Gasteiger partial charge is 0.350 e. The monoisotopic (exact) mass is 326 g/mol. The van der Waals surface area contributed by atoms with E-state index in [1.54, 1.807) is 13.0 Å². The van der Waals surface area contributed by atoms with Gasteiger partial charge in [-0.05, 0) is 37.1 Å². The van der Waals surface area contributed by atoms with Crippen molar-refractivity contribution >= 4 is 5.91 Å². The van der Waals surface area contributed by atoms with Crippen molar-refractivity contribution in [2.45, 2.75) is 25.9 Å². The summed E-state index contributed by atoms with van der Waals surface area (Å²) in [4.78, 5) is 16.1. The molecular formula is C13H13F3N6O. The number of alkyl halides is 3. The van der Waals surface area contributed by atoms with Gasteiger partial charge in [0.05, 0.1) is 5.41 Å². The molecule has 0 aliphatic heterocycles. The highest BCUT2D eigenvalue weighted by molar-refractivity contribution is 5.92. The molecule has 122 valence electrons. The van der Waals surface area contributed by atoms with E-state index in [9.17, 15) is 18.0 Å². The first-order valence-electron chi connectivity index (χ1n) is 6.89. The van der Waals surface area contributed by atoms with Crippen LogP contribution in [0.1, 0.15) is 29.0 Å². The number of aromatic nitrogens is 5. The Morgan fingerprint density at radius 3 is 2.65 bits per heavy atom. The second-order valence-electron chi connectivity index (χ2n) is 5.53. The average molecular weight is 326 g/mol. The van der Waals surface area contributed by atoms with Crippen molar-refractivity contribution in [2.24, 2.45) is 5.41 Å². The minimum absolute atomic E-state index is 0.0417. The Hall–Kier alpha value is -2.52. The maximum Gasteiger partial charge on any atom is 0.396 e. The van der Waals surface area contributed by atoms with Crippen LogP contribution < -0.4 is 5.32 Å². The van der Waals surface area contributed by atoms with E-state index in [-0.39, 0.29) is 18.5 Å². The van der Waals surface area contributed by atoms with Gasteiger partial charge in [0.15, 0.2) is 0 Å². The lowest BCUT2D eigenvalue weighted by Crippen LogP contribution is -2.38. The highest BCUT2D eigenvalue weighted by Gasteiger charge is 2.63. The summed E-state index contributed by atoms with van der Waals surface area (Å²) in [5.74, 6) is -0.306. The number of hydrogen-bond acceptors (Lipinski definition) is 5. The fraction of sp³-hybridized carbons (Fsp3) is 0.462. The number of carbonyl (C=O) groups is 1. The molecule has 1 aliphatic carbocycles. The van der Waals surface area contributed by atoms with Crippen LogP contribution in [-0.4, -0.2) is 44.2 Å². The van der Waals surface area contributed by atoms with Crippen molar-refractivity contribution in [2.75, 3.05) is 6.54 Å². The van der Waals surface area contributed by atoms with E-state index in [0.717, 1.165) is 0 Å². The zero-order valence-electron chi connectivity index (χ0n) is 12.1. The molecule has 0 radical (unpaired) electrons. The molecule has 3 rings (SSSR count). The number of carbonyl (C=O) groups excluding carboxylic acids is 1. The summed E-state index contributed by atoms with van der Waals surface area (Å²) < 4.78 is 38.5. The van der Waals surface area contributed by atoms with Crippen molar-refractivity contribution in [1.82, 2.24) is 30.9 Å². The SMILES string of the molecule is Cc1nc(C(=O)NCC2(C(F)(F)F)CC2)ccc1-c1nn[nH]n1. The number of halogens is 3. The van der Waals surface area contributed by atoms with Gasteiger partial charge in [-0.25, -0.2) is 4.98 Å². The van der Waals surface area contributed by atoms with Crippen molar-refractivity contribution in [3.05, 3.63) is 23.5 Å². The number of nitrogens with one attached hydrogen (secondary N) is 2. The van der Waals surface area contributed by atoms with E-state index in [1.807, 2.05) is 0 Å². The van der Waals surface area contributed by atoms with Gasteiger partial charge in [0.1, 0.15) is 5.69 Å². The molecule has 0 bridgehead atoms. The lowest BCUT2D eigenvalue weighted by molar-refractivity contribution is -0.184. The van der Waals surface area contributed by atoms with Gasteiger partial charge >= 0.3 is 6.18 Å². The van der Waals surface area contributed by atoms with Crippen LogP contribution in [0.3, 0.4) is 0 Å². The van der Waals surface area contributed by atoms with Crippen LogP contribution in [0.2, 0.25) is 0 Å². The van der Waals surface area contributed by atoms with Gasteiger partial charge in [0.25, 0.3) is 5.91 Å². The Balaban J connectivity index is 1.70. The Labute approximate surface area is 128 Å². The van der Waals surface area contributed by atoms with Crippen LogP contribution in [0.15, 0.2) is 12.1 Å². The number of nitrogens with zero attached hydrogens (tertiary/aromatic N) is 4. The van der Waals surface area contributed by atoms with Gasteiger partial charge in [-0.1, -0.05) is 0 Å². The highest BCUT2D eigenvalue weighted by atomic mass is 19.4. The first-order chi connectivity index (χ1) is 10.8. The summed E-state index contributed by atoms with van der Waals surface area (Å²) in [7, 11) is 0.